The standard InChI is InChI=1S/C23H33N3O4S2/c1-4-5-9-18-14-26(19-10-7-6-8-11-19)21-13-20(25(2)3)17(15-31-16-23(27)28)12-22(21)32(29,30)24-18/h6-8,10-13,18,24,29-30H,4-5,9,14-16H2,1-3H3,(H,27,28). The molecule has 1 atom stereocenters. The van der Waals surface area contributed by atoms with Crippen LogP contribution in [0.25, 0.3) is 0 Å². The van der Waals surface area contributed by atoms with Gasteiger partial charge in [0.05, 0.1) is 16.3 Å². The van der Waals surface area contributed by atoms with Crippen molar-refractivity contribution in [2.24, 2.45) is 0 Å². The molecule has 0 fully saturated rings. The van der Waals surface area contributed by atoms with Crippen molar-refractivity contribution >= 4 is 45.6 Å². The maximum absolute atomic E-state index is 11.2. The van der Waals surface area contributed by atoms with E-state index in [0.717, 1.165) is 41.9 Å². The number of fused-ring (bicyclic) bond motifs is 1. The van der Waals surface area contributed by atoms with E-state index >= 15 is 0 Å². The number of carbonyl (C=O) groups is 1. The molecule has 0 aromatic heterocycles. The Morgan fingerprint density at radius 1 is 1.25 bits per heavy atom. The molecule has 0 saturated carbocycles. The van der Waals surface area contributed by atoms with Crippen LogP contribution in [0.4, 0.5) is 17.1 Å². The number of nitrogens with one attached hydrogen (secondary N) is 1. The molecular formula is C23H33N3O4S2. The Hall–Kier alpha value is -1.91. The van der Waals surface area contributed by atoms with E-state index in [9.17, 15) is 13.9 Å². The average molecular weight is 480 g/mol. The second-order valence-corrected chi connectivity index (χ2v) is 10.9. The number of carboxylic acid groups (broad SMARTS) is 1. The minimum Gasteiger partial charge on any atom is -0.481 e. The number of rotatable bonds is 9. The smallest absolute Gasteiger partial charge is 0.313 e. The number of aliphatic carboxylic acids is 1. The van der Waals surface area contributed by atoms with Gasteiger partial charge in [-0.1, -0.05) is 38.0 Å². The second-order valence-electron chi connectivity index (χ2n) is 8.18. The maximum atomic E-state index is 11.2. The lowest BCUT2D eigenvalue weighted by Gasteiger charge is -2.36. The first kappa shape index (κ1) is 24.7. The number of hydrogen-bond donors (Lipinski definition) is 4. The fourth-order valence-electron chi connectivity index (χ4n) is 3.92. The number of para-hydroxylation sites is 1. The third-order valence-corrected chi connectivity index (χ3v) is 8.00. The molecule has 1 aliphatic rings. The molecule has 0 radical (unpaired) electrons. The van der Waals surface area contributed by atoms with Gasteiger partial charge in [0, 0.05) is 43.8 Å². The van der Waals surface area contributed by atoms with Crippen molar-refractivity contribution in [3.8, 4) is 0 Å². The average Bonchev–Trinajstić information content (AvgIpc) is 2.85. The van der Waals surface area contributed by atoms with Crippen LogP contribution in [0.2, 0.25) is 0 Å². The molecule has 2 aromatic rings. The van der Waals surface area contributed by atoms with Gasteiger partial charge in [-0.25, -0.2) is 4.72 Å². The third-order valence-electron chi connectivity index (χ3n) is 5.43. The first-order chi connectivity index (χ1) is 15.2. The molecule has 0 bridgehead atoms. The van der Waals surface area contributed by atoms with Gasteiger partial charge in [0.25, 0.3) is 0 Å². The van der Waals surface area contributed by atoms with E-state index in [1.165, 1.54) is 11.8 Å². The molecule has 0 amide bonds. The lowest BCUT2D eigenvalue weighted by atomic mass is 10.1. The highest BCUT2D eigenvalue weighted by molar-refractivity contribution is 8.22. The highest BCUT2D eigenvalue weighted by Crippen LogP contribution is 2.54. The van der Waals surface area contributed by atoms with Gasteiger partial charge in [-0.2, -0.15) is 0 Å². The first-order valence-electron chi connectivity index (χ1n) is 10.7. The molecule has 2 aromatic carbocycles. The van der Waals surface area contributed by atoms with E-state index in [2.05, 4.69) is 16.5 Å². The topological polar surface area (TPSA) is 96.3 Å². The van der Waals surface area contributed by atoms with Gasteiger partial charge in [0.15, 0.2) is 0 Å². The van der Waals surface area contributed by atoms with Crippen LogP contribution in [0.3, 0.4) is 0 Å². The maximum Gasteiger partial charge on any atom is 0.313 e. The summed E-state index contributed by atoms with van der Waals surface area (Å²) in [5.74, 6) is -0.405. The lowest BCUT2D eigenvalue weighted by molar-refractivity contribution is -0.133. The van der Waals surface area contributed by atoms with Crippen LogP contribution >= 0.6 is 22.5 Å². The Bertz CT molecular complexity index is 925. The quantitative estimate of drug-likeness (QED) is 0.380. The van der Waals surface area contributed by atoms with Crippen molar-refractivity contribution in [3.05, 3.63) is 48.0 Å². The number of benzene rings is 2. The van der Waals surface area contributed by atoms with Crippen LogP contribution < -0.4 is 14.5 Å². The molecule has 4 N–H and O–H groups in total. The summed E-state index contributed by atoms with van der Waals surface area (Å²) < 4.78 is 25.5. The molecule has 0 saturated heterocycles. The number of anilines is 3. The highest BCUT2D eigenvalue weighted by atomic mass is 32.3. The van der Waals surface area contributed by atoms with E-state index in [4.69, 9.17) is 5.11 Å². The van der Waals surface area contributed by atoms with Gasteiger partial charge in [-0.15, -0.1) is 22.5 Å². The van der Waals surface area contributed by atoms with E-state index in [1.807, 2.05) is 61.5 Å². The largest absolute Gasteiger partial charge is 0.481 e. The van der Waals surface area contributed by atoms with E-state index in [1.54, 1.807) is 0 Å². The minimum absolute atomic E-state index is 0.00626. The van der Waals surface area contributed by atoms with Crippen molar-refractivity contribution in [3.63, 3.8) is 0 Å². The number of thioether (sulfide) groups is 1. The molecule has 0 aliphatic carbocycles. The van der Waals surface area contributed by atoms with Crippen LogP contribution in [0.1, 0.15) is 31.7 Å². The zero-order valence-electron chi connectivity index (χ0n) is 18.8. The molecule has 0 spiro atoms. The van der Waals surface area contributed by atoms with Crippen LogP contribution in [-0.4, -0.2) is 52.6 Å². The van der Waals surface area contributed by atoms with Crippen molar-refractivity contribution in [2.45, 2.75) is 42.9 Å². The first-order valence-corrected chi connectivity index (χ1v) is 13.4. The Labute approximate surface area is 196 Å². The summed E-state index contributed by atoms with van der Waals surface area (Å²) in [6.07, 6.45) is 2.86. The van der Waals surface area contributed by atoms with Crippen LogP contribution in [-0.2, 0) is 10.5 Å². The Kier molecular flexibility index (Phi) is 8.35. The zero-order chi connectivity index (χ0) is 23.3. The number of carboxylic acids is 1. The molecule has 1 heterocycles. The van der Waals surface area contributed by atoms with Crippen LogP contribution in [0.15, 0.2) is 47.4 Å². The van der Waals surface area contributed by atoms with E-state index in [-0.39, 0.29) is 11.8 Å². The molecular weight excluding hydrogens is 446 g/mol. The van der Waals surface area contributed by atoms with Crippen LogP contribution in [0.5, 0.6) is 0 Å². The van der Waals surface area contributed by atoms with Gasteiger partial charge in [-0.05, 0) is 36.2 Å². The molecule has 9 heteroatoms. The Balaban J connectivity index is 2.12. The predicted molar refractivity (Wildman–Crippen MR) is 136 cm³/mol. The highest BCUT2D eigenvalue weighted by Gasteiger charge is 2.33. The molecule has 3 rings (SSSR count). The summed E-state index contributed by atoms with van der Waals surface area (Å²) in [5.41, 5.74) is 3.57. The van der Waals surface area contributed by atoms with Gasteiger partial charge < -0.3 is 14.9 Å². The summed E-state index contributed by atoms with van der Waals surface area (Å²) in [5, 5.41) is 9.02. The lowest BCUT2D eigenvalue weighted by Crippen LogP contribution is -2.37. The minimum atomic E-state index is -3.24. The zero-order valence-corrected chi connectivity index (χ0v) is 20.5. The number of nitrogens with zero attached hydrogens (tertiary/aromatic N) is 2. The van der Waals surface area contributed by atoms with Crippen LogP contribution in [0, 0.1) is 0 Å². The molecule has 7 nitrogen and oxygen atoms in total. The van der Waals surface area contributed by atoms with Crippen molar-refractivity contribution in [1.29, 1.82) is 0 Å². The Morgan fingerprint density at radius 2 is 1.97 bits per heavy atom. The van der Waals surface area contributed by atoms with Crippen molar-refractivity contribution < 1.29 is 19.0 Å². The van der Waals surface area contributed by atoms with Gasteiger partial charge in [0.2, 0.25) is 0 Å². The summed E-state index contributed by atoms with van der Waals surface area (Å²) in [6, 6.07) is 13.7. The Morgan fingerprint density at radius 3 is 2.59 bits per heavy atom. The van der Waals surface area contributed by atoms with Crippen molar-refractivity contribution in [1.82, 2.24) is 4.72 Å². The fourth-order valence-corrected chi connectivity index (χ4v) is 6.20. The normalized spacial score (nSPS) is 18.5. The van der Waals surface area contributed by atoms with E-state index < -0.39 is 16.7 Å². The number of unbranched alkanes of at least 4 members (excludes halogenated alkanes) is 1. The molecule has 32 heavy (non-hydrogen) atoms. The predicted octanol–water partition coefficient (Wildman–Crippen LogP) is 5.40. The molecule has 1 aliphatic heterocycles. The third kappa shape index (κ3) is 5.90. The van der Waals surface area contributed by atoms with Gasteiger partial charge >= 0.3 is 5.97 Å². The van der Waals surface area contributed by atoms with Gasteiger partial charge in [0.1, 0.15) is 0 Å². The summed E-state index contributed by atoms with van der Waals surface area (Å²) >= 11 is 1.30. The summed E-state index contributed by atoms with van der Waals surface area (Å²) in [7, 11) is 0.642. The summed E-state index contributed by atoms with van der Waals surface area (Å²) in [4.78, 5) is 15.6. The fraction of sp³-hybridized carbons (Fsp3) is 0.435. The monoisotopic (exact) mass is 479 g/mol. The van der Waals surface area contributed by atoms with E-state index in [0.29, 0.717) is 17.2 Å². The molecule has 176 valence electrons. The molecule has 1 unspecified atom stereocenters. The summed E-state index contributed by atoms with van der Waals surface area (Å²) in [6.45, 7) is 2.75. The van der Waals surface area contributed by atoms with Crippen molar-refractivity contribution in [2.75, 3.05) is 36.2 Å². The number of hydrogen-bond acceptors (Lipinski definition) is 7. The SMILES string of the molecule is CCCCC1CN(c2ccccc2)c2cc(N(C)C)c(CSCC(=O)O)cc2S(O)(O)N1. The second kappa shape index (κ2) is 10.8. The van der Waals surface area contributed by atoms with Gasteiger partial charge in [-0.3, -0.25) is 13.9 Å².